The van der Waals surface area contributed by atoms with Crippen molar-refractivity contribution in [1.29, 1.82) is 0 Å². The Hall–Kier alpha value is -1.77. The van der Waals surface area contributed by atoms with E-state index < -0.39 is 14.3 Å². The van der Waals surface area contributed by atoms with Crippen molar-refractivity contribution >= 4 is 14.3 Å². The van der Waals surface area contributed by atoms with Crippen LogP contribution in [0.2, 0.25) is 18.1 Å². The Morgan fingerprint density at radius 3 is 2.50 bits per heavy atom. The predicted molar refractivity (Wildman–Crippen MR) is 98.4 cm³/mol. The Morgan fingerprint density at radius 1 is 1.23 bits per heavy atom. The molecular formula is C18H28O7Si. The smallest absolute Gasteiger partial charge is 0.342 e. The molecule has 1 aromatic carbocycles. The van der Waals surface area contributed by atoms with E-state index in [1.165, 1.54) is 14.2 Å². The summed E-state index contributed by atoms with van der Waals surface area (Å²) < 4.78 is 32.9. The fourth-order valence-corrected chi connectivity index (χ4v) is 3.19. The molecule has 1 aliphatic heterocycles. The lowest BCUT2D eigenvalue weighted by Crippen LogP contribution is -2.40. The van der Waals surface area contributed by atoms with Crippen LogP contribution in [0.5, 0.6) is 17.2 Å². The SMILES string of the molecule is COCOc1cc2c(c(CO[Si](C)(C)C(C)(C)C)c1C(=O)OC)OCO2. The molecule has 0 amide bonds. The van der Waals surface area contributed by atoms with Gasteiger partial charge in [0.25, 0.3) is 0 Å². The molecule has 1 heterocycles. The second-order valence-corrected chi connectivity index (χ2v) is 12.4. The largest absolute Gasteiger partial charge is 0.466 e. The van der Waals surface area contributed by atoms with E-state index in [1.54, 1.807) is 6.07 Å². The average molecular weight is 385 g/mol. The number of carbonyl (C=O) groups is 1. The molecule has 1 aliphatic rings. The second-order valence-electron chi connectivity index (χ2n) is 7.55. The van der Waals surface area contributed by atoms with Gasteiger partial charge >= 0.3 is 5.97 Å². The number of carbonyl (C=O) groups excluding carboxylic acids is 1. The van der Waals surface area contributed by atoms with Crippen molar-refractivity contribution in [3.05, 3.63) is 17.2 Å². The zero-order valence-electron chi connectivity index (χ0n) is 16.6. The second kappa shape index (κ2) is 7.85. The zero-order valence-corrected chi connectivity index (χ0v) is 17.6. The molecule has 0 fully saturated rings. The highest BCUT2D eigenvalue weighted by molar-refractivity contribution is 6.74. The van der Waals surface area contributed by atoms with E-state index in [2.05, 4.69) is 33.9 Å². The molecule has 0 saturated carbocycles. The van der Waals surface area contributed by atoms with Gasteiger partial charge in [0.15, 0.2) is 26.6 Å². The highest BCUT2D eigenvalue weighted by Crippen LogP contribution is 2.45. The molecule has 0 N–H and O–H groups in total. The lowest BCUT2D eigenvalue weighted by molar-refractivity contribution is 0.0460. The summed E-state index contributed by atoms with van der Waals surface area (Å²) in [6, 6.07) is 1.61. The Bertz CT molecular complexity index is 664. The average Bonchev–Trinajstić information content (AvgIpc) is 3.03. The molecule has 146 valence electrons. The van der Waals surface area contributed by atoms with E-state index in [9.17, 15) is 4.79 Å². The van der Waals surface area contributed by atoms with Crippen LogP contribution in [0, 0.1) is 0 Å². The van der Waals surface area contributed by atoms with Crippen LogP contribution in [0.25, 0.3) is 0 Å². The molecule has 0 bridgehead atoms. The Morgan fingerprint density at radius 2 is 1.92 bits per heavy atom. The van der Waals surface area contributed by atoms with Crippen LogP contribution >= 0.6 is 0 Å². The molecule has 0 aromatic heterocycles. The van der Waals surface area contributed by atoms with Crippen molar-refractivity contribution in [1.82, 2.24) is 0 Å². The summed E-state index contributed by atoms with van der Waals surface area (Å²) in [5.74, 6) is 0.798. The summed E-state index contributed by atoms with van der Waals surface area (Å²) in [6.45, 7) is 11.0. The lowest BCUT2D eigenvalue weighted by atomic mass is 10.0. The third-order valence-electron chi connectivity index (χ3n) is 4.83. The minimum atomic E-state index is -2.05. The molecule has 0 atom stereocenters. The van der Waals surface area contributed by atoms with Crippen LogP contribution < -0.4 is 14.2 Å². The Labute approximate surface area is 155 Å². The Kier molecular flexibility index (Phi) is 6.20. The maximum absolute atomic E-state index is 12.5. The van der Waals surface area contributed by atoms with Gasteiger partial charge in [-0.3, -0.25) is 0 Å². The van der Waals surface area contributed by atoms with Crippen LogP contribution in [0.15, 0.2) is 6.07 Å². The molecule has 0 aliphatic carbocycles. The highest BCUT2D eigenvalue weighted by atomic mass is 28.4. The van der Waals surface area contributed by atoms with Crippen molar-refractivity contribution in [2.75, 3.05) is 27.8 Å². The third kappa shape index (κ3) is 4.13. The molecular weight excluding hydrogens is 356 g/mol. The van der Waals surface area contributed by atoms with Crippen LogP contribution in [0.1, 0.15) is 36.7 Å². The molecule has 0 spiro atoms. The number of hydrogen-bond donors (Lipinski definition) is 0. The summed E-state index contributed by atoms with van der Waals surface area (Å²) in [5, 5.41) is 0.0309. The minimum Gasteiger partial charge on any atom is -0.466 e. The van der Waals surface area contributed by atoms with E-state index in [-0.39, 0.29) is 30.8 Å². The predicted octanol–water partition coefficient (Wildman–Crippen LogP) is 3.71. The molecule has 26 heavy (non-hydrogen) atoms. The van der Waals surface area contributed by atoms with Gasteiger partial charge < -0.3 is 28.1 Å². The van der Waals surface area contributed by atoms with Crippen LogP contribution in [-0.4, -0.2) is 42.1 Å². The van der Waals surface area contributed by atoms with Crippen LogP contribution in [0.4, 0.5) is 0 Å². The van der Waals surface area contributed by atoms with Crippen molar-refractivity contribution in [3.8, 4) is 17.2 Å². The monoisotopic (exact) mass is 384 g/mol. The molecule has 0 unspecified atom stereocenters. The Balaban J connectivity index is 2.48. The van der Waals surface area contributed by atoms with E-state index >= 15 is 0 Å². The first-order valence-electron chi connectivity index (χ1n) is 8.42. The van der Waals surface area contributed by atoms with Crippen molar-refractivity contribution in [2.24, 2.45) is 0 Å². The van der Waals surface area contributed by atoms with E-state index in [4.69, 9.17) is 28.1 Å². The number of esters is 1. The number of methoxy groups -OCH3 is 2. The van der Waals surface area contributed by atoms with E-state index in [1.807, 2.05) is 0 Å². The number of rotatable bonds is 7. The molecule has 1 aromatic rings. The van der Waals surface area contributed by atoms with Crippen molar-refractivity contribution in [3.63, 3.8) is 0 Å². The first-order chi connectivity index (χ1) is 12.1. The van der Waals surface area contributed by atoms with Gasteiger partial charge in [-0.25, -0.2) is 4.79 Å². The molecule has 2 rings (SSSR count). The third-order valence-corrected chi connectivity index (χ3v) is 9.31. The maximum Gasteiger partial charge on any atom is 0.342 e. The summed E-state index contributed by atoms with van der Waals surface area (Å²) in [7, 11) is 0.786. The fourth-order valence-electron chi connectivity index (χ4n) is 2.25. The van der Waals surface area contributed by atoms with Gasteiger partial charge in [-0.2, -0.15) is 0 Å². The summed E-state index contributed by atoms with van der Waals surface area (Å²) in [6.07, 6.45) is 0. The van der Waals surface area contributed by atoms with Gasteiger partial charge in [0, 0.05) is 18.7 Å². The first-order valence-corrected chi connectivity index (χ1v) is 11.3. The maximum atomic E-state index is 12.5. The van der Waals surface area contributed by atoms with Crippen molar-refractivity contribution in [2.45, 2.75) is 45.5 Å². The van der Waals surface area contributed by atoms with Gasteiger partial charge in [0.2, 0.25) is 6.79 Å². The fraction of sp³-hybridized carbons (Fsp3) is 0.611. The van der Waals surface area contributed by atoms with Gasteiger partial charge in [-0.1, -0.05) is 20.8 Å². The van der Waals surface area contributed by atoms with Gasteiger partial charge in [-0.05, 0) is 18.1 Å². The van der Waals surface area contributed by atoms with Crippen molar-refractivity contribution < 1.29 is 32.9 Å². The van der Waals surface area contributed by atoms with Gasteiger partial charge in [0.05, 0.1) is 13.7 Å². The number of benzene rings is 1. The molecule has 0 radical (unpaired) electrons. The van der Waals surface area contributed by atoms with Crippen LogP contribution in [-0.2, 0) is 20.5 Å². The molecule has 8 heteroatoms. The standard InChI is InChI=1S/C18H28O7Si/c1-18(2,3)26(6,7)25-9-12-15(17(19)21-5)13(22-10-20-4)8-14-16(12)24-11-23-14/h8H,9-11H2,1-7H3. The molecule has 7 nitrogen and oxygen atoms in total. The normalized spacial score (nSPS) is 13.7. The first kappa shape index (κ1) is 20.5. The number of ether oxygens (including phenoxy) is 5. The zero-order chi connectivity index (χ0) is 19.5. The number of hydrogen-bond acceptors (Lipinski definition) is 7. The topological polar surface area (TPSA) is 72.5 Å². The highest BCUT2D eigenvalue weighted by Gasteiger charge is 2.38. The quantitative estimate of drug-likeness (QED) is 0.403. The van der Waals surface area contributed by atoms with Crippen LogP contribution in [0.3, 0.4) is 0 Å². The number of fused-ring (bicyclic) bond motifs is 1. The summed E-state index contributed by atoms with van der Waals surface area (Å²) in [5.41, 5.74) is 0.843. The molecule has 0 saturated heterocycles. The summed E-state index contributed by atoms with van der Waals surface area (Å²) in [4.78, 5) is 12.5. The van der Waals surface area contributed by atoms with Gasteiger partial charge in [0.1, 0.15) is 11.3 Å². The summed E-state index contributed by atoms with van der Waals surface area (Å²) >= 11 is 0. The van der Waals surface area contributed by atoms with E-state index in [0.29, 0.717) is 22.8 Å². The lowest BCUT2D eigenvalue weighted by Gasteiger charge is -2.36. The van der Waals surface area contributed by atoms with Gasteiger partial charge in [-0.15, -0.1) is 0 Å². The van der Waals surface area contributed by atoms with E-state index in [0.717, 1.165) is 0 Å². The minimum absolute atomic E-state index is 0.00777.